The summed E-state index contributed by atoms with van der Waals surface area (Å²) in [6.07, 6.45) is 5.00. The van der Waals surface area contributed by atoms with Gasteiger partial charge in [0.2, 0.25) is 4.96 Å². The zero-order chi connectivity index (χ0) is 15.8. The van der Waals surface area contributed by atoms with Crippen molar-refractivity contribution in [2.24, 2.45) is 0 Å². The standard InChI is InChI=1S/C16H9FN4OS/c17-12-3-1-10(2-4-12)9-13-15(22)21-16(23-13)19-14(20-21)11-5-7-18-8-6-11/h1-9H/b13-9-. The molecule has 3 aromatic heterocycles. The van der Waals surface area contributed by atoms with Gasteiger partial charge >= 0.3 is 0 Å². The van der Waals surface area contributed by atoms with Crippen molar-refractivity contribution in [3.05, 3.63) is 75.1 Å². The molecule has 0 unspecified atom stereocenters. The van der Waals surface area contributed by atoms with Gasteiger partial charge in [-0.2, -0.15) is 9.50 Å². The Morgan fingerprint density at radius 1 is 1.09 bits per heavy atom. The van der Waals surface area contributed by atoms with Gasteiger partial charge in [0.25, 0.3) is 5.56 Å². The van der Waals surface area contributed by atoms with E-state index in [1.54, 1.807) is 42.7 Å². The van der Waals surface area contributed by atoms with Gasteiger partial charge in [-0.05, 0) is 35.9 Å². The summed E-state index contributed by atoms with van der Waals surface area (Å²) in [6, 6.07) is 9.52. The monoisotopic (exact) mass is 324 g/mol. The van der Waals surface area contributed by atoms with Crippen LogP contribution in [0.3, 0.4) is 0 Å². The second-order valence-corrected chi connectivity index (χ2v) is 5.84. The molecule has 4 rings (SSSR count). The first-order chi connectivity index (χ1) is 11.2. The van der Waals surface area contributed by atoms with Crippen LogP contribution in [0.2, 0.25) is 0 Å². The molecule has 112 valence electrons. The van der Waals surface area contributed by atoms with Crippen molar-refractivity contribution in [3.63, 3.8) is 0 Å². The highest BCUT2D eigenvalue weighted by Crippen LogP contribution is 2.15. The summed E-state index contributed by atoms with van der Waals surface area (Å²) < 4.78 is 14.7. The Balaban J connectivity index is 1.82. The fourth-order valence-electron chi connectivity index (χ4n) is 2.17. The molecule has 0 fully saturated rings. The van der Waals surface area contributed by atoms with Crippen molar-refractivity contribution in [1.82, 2.24) is 19.6 Å². The predicted molar refractivity (Wildman–Crippen MR) is 85.5 cm³/mol. The molecule has 3 heterocycles. The molecule has 0 aliphatic rings. The summed E-state index contributed by atoms with van der Waals surface area (Å²) in [5.41, 5.74) is 1.32. The van der Waals surface area contributed by atoms with Gasteiger partial charge in [-0.15, -0.1) is 5.10 Å². The van der Waals surface area contributed by atoms with E-state index in [1.165, 1.54) is 28.0 Å². The van der Waals surface area contributed by atoms with Gasteiger partial charge in [0.15, 0.2) is 5.82 Å². The number of fused-ring (bicyclic) bond motifs is 1. The highest BCUT2D eigenvalue weighted by Gasteiger charge is 2.11. The van der Waals surface area contributed by atoms with E-state index in [9.17, 15) is 9.18 Å². The van der Waals surface area contributed by atoms with Gasteiger partial charge < -0.3 is 0 Å². The molecular formula is C16H9FN4OS. The van der Waals surface area contributed by atoms with Crippen molar-refractivity contribution >= 4 is 22.4 Å². The van der Waals surface area contributed by atoms with Crippen molar-refractivity contribution in [2.45, 2.75) is 0 Å². The van der Waals surface area contributed by atoms with Crippen LogP contribution in [-0.2, 0) is 0 Å². The maximum atomic E-state index is 12.9. The first kappa shape index (κ1) is 13.7. The third-order valence-corrected chi connectivity index (χ3v) is 4.25. The molecule has 5 nitrogen and oxygen atoms in total. The van der Waals surface area contributed by atoms with Gasteiger partial charge in [0.05, 0.1) is 4.53 Å². The van der Waals surface area contributed by atoms with Crippen LogP contribution >= 0.6 is 11.3 Å². The molecule has 1 aromatic carbocycles. The van der Waals surface area contributed by atoms with E-state index in [4.69, 9.17) is 0 Å². The van der Waals surface area contributed by atoms with Crippen LogP contribution in [-0.4, -0.2) is 19.6 Å². The molecule has 4 aromatic rings. The number of benzene rings is 1. The molecule has 0 spiro atoms. The number of nitrogens with zero attached hydrogens (tertiary/aromatic N) is 4. The second-order valence-electron chi connectivity index (χ2n) is 4.83. The summed E-state index contributed by atoms with van der Waals surface area (Å²) in [5.74, 6) is 0.179. The predicted octanol–water partition coefficient (Wildman–Crippen LogP) is 1.90. The molecule has 0 aliphatic carbocycles. The molecular weight excluding hydrogens is 315 g/mol. The topological polar surface area (TPSA) is 60.2 Å². The van der Waals surface area contributed by atoms with Crippen molar-refractivity contribution in [2.75, 3.05) is 0 Å². The highest BCUT2D eigenvalue weighted by atomic mass is 32.1. The van der Waals surface area contributed by atoms with Gasteiger partial charge in [0.1, 0.15) is 5.82 Å². The maximum absolute atomic E-state index is 12.9. The first-order valence-corrected chi connectivity index (χ1v) is 7.60. The number of halogens is 1. The number of hydrogen-bond donors (Lipinski definition) is 0. The first-order valence-electron chi connectivity index (χ1n) is 6.78. The summed E-state index contributed by atoms with van der Waals surface area (Å²) in [6.45, 7) is 0. The normalized spacial score (nSPS) is 12.1. The largest absolute Gasteiger partial charge is 0.291 e. The number of pyridine rings is 1. The van der Waals surface area contributed by atoms with E-state index < -0.39 is 0 Å². The Bertz CT molecular complexity index is 1090. The average molecular weight is 324 g/mol. The van der Waals surface area contributed by atoms with Crippen molar-refractivity contribution in [3.8, 4) is 11.4 Å². The van der Waals surface area contributed by atoms with Crippen molar-refractivity contribution in [1.29, 1.82) is 0 Å². The lowest BCUT2D eigenvalue weighted by molar-refractivity contribution is 0.628. The van der Waals surface area contributed by atoms with Gasteiger partial charge in [0, 0.05) is 18.0 Å². The summed E-state index contributed by atoms with van der Waals surface area (Å²) >= 11 is 1.25. The fourth-order valence-corrected chi connectivity index (χ4v) is 3.08. The van der Waals surface area contributed by atoms with Crippen LogP contribution < -0.4 is 10.1 Å². The lowest BCUT2D eigenvalue weighted by Gasteiger charge is -1.91. The van der Waals surface area contributed by atoms with E-state index in [-0.39, 0.29) is 11.4 Å². The Labute approximate surface area is 133 Å². The fraction of sp³-hybridized carbons (Fsp3) is 0. The SMILES string of the molecule is O=c1/c(=C/c2ccc(F)cc2)sc2nc(-c3ccncc3)nn12. The molecule has 7 heteroatoms. The molecule has 0 bridgehead atoms. The van der Waals surface area contributed by atoms with E-state index in [0.717, 1.165) is 11.1 Å². The van der Waals surface area contributed by atoms with E-state index in [0.29, 0.717) is 15.3 Å². The number of aromatic nitrogens is 4. The molecule has 0 N–H and O–H groups in total. The minimum Gasteiger partial charge on any atom is -0.266 e. The maximum Gasteiger partial charge on any atom is 0.291 e. The number of rotatable bonds is 2. The minimum absolute atomic E-state index is 0.234. The van der Waals surface area contributed by atoms with Crippen LogP contribution in [0.4, 0.5) is 4.39 Å². The Kier molecular flexibility index (Phi) is 3.20. The zero-order valence-corrected chi connectivity index (χ0v) is 12.5. The third kappa shape index (κ3) is 2.51. The summed E-state index contributed by atoms with van der Waals surface area (Å²) in [7, 11) is 0. The molecule has 0 saturated heterocycles. The van der Waals surface area contributed by atoms with Gasteiger partial charge in [-0.3, -0.25) is 9.78 Å². The van der Waals surface area contributed by atoms with E-state index in [1.807, 2.05) is 0 Å². The van der Waals surface area contributed by atoms with Gasteiger partial charge in [-0.1, -0.05) is 23.5 Å². The van der Waals surface area contributed by atoms with Crippen LogP contribution in [0.25, 0.3) is 22.4 Å². The molecule has 0 saturated carbocycles. The van der Waals surface area contributed by atoms with Crippen LogP contribution in [0.1, 0.15) is 5.56 Å². The lowest BCUT2D eigenvalue weighted by atomic mass is 10.2. The number of hydrogen-bond acceptors (Lipinski definition) is 5. The zero-order valence-electron chi connectivity index (χ0n) is 11.7. The number of thiazole rings is 1. The smallest absolute Gasteiger partial charge is 0.266 e. The highest BCUT2D eigenvalue weighted by molar-refractivity contribution is 7.15. The molecule has 0 amide bonds. The minimum atomic E-state index is -0.311. The second kappa shape index (κ2) is 5.36. The third-order valence-electron chi connectivity index (χ3n) is 3.29. The van der Waals surface area contributed by atoms with E-state index >= 15 is 0 Å². The Morgan fingerprint density at radius 2 is 1.83 bits per heavy atom. The Morgan fingerprint density at radius 3 is 2.52 bits per heavy atom. The van der Waals surface area contributed by atoms with Crippen molar-refractivity contribution < 1.29 is 4.39 Å². The molecule has 23 heavy (non-hydrogen) atoms. The quantitative estimate of drug-likeness (QED) is 0.565. The van der Waals surface area contributed by atoms with E-state index in [2.05, 4.69) is 15.1 Å². The van der Waals surface area contributed by atoms with Crippen LogP contribution in [0, 0.1) is 5.82 Å². The van der Waals surface area contributed by atoms with Gasteiger partial charge in [-0.25, -0.2) is 4.39 Å². The summed E-state index contributed by atoms with van der Waals surface area (Å²) in [5, 5.41) is 4.25. The molecule has 0 atom stereocenters. The average Bonchev–Trinajstić information content (AvgIpc) is 3.11. The van der Waals surface area contributed by atoms with Crippen LogP contribution in [0.5, 0.6) is 0 Å². The lowest BCUT2D eigenvalue weighted by Crippen LogP contribution is -2.23. The molecule has 0 radical (unpaired) electrons. The molecule has 0 aliphatic heterocycles. The Hall–Kier alpha value is -2.93. The summed E-state index contributed by atoms with van der Waals surface area (Å²) in [4.78, 5) is 21.2. The van der Waals surface area contributed by atoms with Crippen LogP contribution in [0.15, 0.2) is 53.6 Å².